The number of carbonyl (C=O) groups excluding carboxylic acids is 2. The summed E-state index contributed by atoms with van der Waals surface area (Å²) in [4.78, 5) is 28.0. The lowest BCUT2D eigenvalue weighted by Crippen LogP contribution is -2.47. The van der Waals surface area contributed by atoms with Crippen LogP contribution in [-0.2, 0) is 17.3 Å². The first-order valence-corrected chi connectivity index (χ1v) is 10.4. The molecule has 0 saturated carbocycles. The average molecular weight is 397 g/mol. The number of anilines is 1. The third kappa shape index (κ3) is 1.86. The van der Waals surface area contributed by atoms with Crippen LogP contribution in [0, 0.1) is 12.3 Å². The van der Waals surface area contributed by atoms with Gasteiger partial charge in [-0.15, -0.1) is 0 Å². The summed E-state index contributed by atoms with van der Waals surface area (Å²) in [5.74, 6) is 0.865. The van der Waals surface area contributed by atoms with E-state index in [2.05, 4.69) is 24.3 Å². The smallest absolute Gasteiger partial charge is 0.183 e. The van der Waals surface area contributed by atoms with Crippen LogP contribution in [-0.4, -0.2) is 21.3 Å². The molecule has 30 heavy (non-hydrogen) atoms. The first-order chi connectivity index (χ1) is 14.3. The summed E-state index contributed by atoms with van der Waals surface area (Å²) in [6.45, 7) is 6.15. The first kappa shape index (κ1) is 17.6. The van der Waals surface area contributed by atoms with Crippen molar-refractivity contribution in [2.75, 3.05) is 5.32 Å². The summed E-state index contributed by atoms with van der Waals surface area (Å²) in [6.07, 6.45) is 1.16. The highest BCUT2D eigenvalue weighted by atomic mass is 16.1. The summed E-state index contributed by atoms with van der Waals surface area (Å²) in [5.41, 5.74) is 3.43. The van der Waals surface area contributed by atoms with Gasteiger partial charge in [0.2, 0.25) is 0 Å². The van der Waals surface area contributed by atoms with Crippen LogP contribution in [0.15, 0.2) is 47.7 Å². The van der Waals surface area contributed by atoms with E-state index in [1.165, 1.54) is 0 Å². The molecule has 5 nitrogen and oxygen atoms in total. The molecule has 0 amide bonds. The third-order valence-electron chi connectivity index (χ3n) is 7.01. The molecule has 3 aromatic rings. The molecule has 5 heteroatoms. The fourth-order valence-electron chi connectivity index (χ4n) is 6.04. The molecule has 1 atom stereocenters. The predicted molar refractivity (Wildman–Crippen MR) is 116 cm³/mol. The van der Waals surface area contributed by atoms with Crippen LogP contribution < -0.4 is 5.32 Å². The summed E-state index contributed by atoms with van der Waals surface area (Å²) < 4.78 is 1.80. The van der Waals surface area contributed by atoms with E-state index in [4.69, 9.17) is 0 Å². The van der Waals surface area contributed by atoms with Crippen molar-refractivity contribution in [3.8, 4) is 0 Å². The van der Waals surface area contributed by atoms with Gasteiger partial charge in [0.15, 0.2) is 11.6 Å². The third-order valence-corrected chi connectivity index (χ3v) is 7.01. The maximum absolute atomic E-state index is 14.3. The van der Waals surface area contributed by atoms with E-state index in [0.29, 0.717) is 17.6 Å². The van der Waals surface area contributed by atoms with Crippen molar-refractivity contribution in [2.45, 2.75) is 39.0 Å². The van der Waals surface area contributed by atoms with Crippen molar-refractivity contribution in [1.82, 2.24) is 9.78 Å². The van der Waals surface area contributed by atoms with Crippen molar-refractivity contribution in [3.05, 3.63) is 70.1 Å². The number of nitrogens with zero attached hydrogens (tertiary/aromatic N) is 2. The standard InChI is InChI=1S/C25H23N3O2/c1-13-20-23(28(4)27-13)26-17-11-24(2,3)12-18(29)21(17)25(20)16-10-6-8-14-7-5-9-15(19(14)16)22(25)30/h5-10,26H,11-12H2,1-4H3. The highest BCUT2D eigenvalue weighted by molar-refractivity contribution is 6.28. The fourth-order valence-corrected chi connectivity index (χ4v) is 6.04. The zero-order valence-corrected chi connectivity index (χ0v) is 17.6. The minimum atomic E-state index is -1.12. The van der Waals surface area contributed by atoms with Gasteiger partial charge in [0, 0.05) is 35.9 Å². The largest absolute Gasteiger partial charge is 0.343 e. The number of hydrogen-bond donors (Lipinski definition) is 1. The number of rotatable bonds is 0. The SMILES string of the molecule is Cc1nn(C)c2c1C1(C(=O)c3cccc4cccc1c34)C1=C(CC(C)(C)CC1=O)N2. The minimum Gasteiger partial charge on any atom is -0.343 e. The lowest BCUT2D eigenvalue weighted by atomic mass is 9.60. The predicted octanol–water partition coefficient (Wildman–Crippen LogP) is 4.43. The number of Topliss-reactive ketones (excluding diaryl/α,β-unsaturated/α-hetero) is 2. The van der Waals surface area contributed by atoms with Gasteiger partial charge in [0.1, 0.15) is 11.2 Å². The van der Waals surface area contributed by atoms with Crippen LogP contribution in [0.1, 0.15) is 53.9 Å². The molecule has 3 aliphatic rings. The Hall–Kier alpha value is -3.21. The molecule has 0 saturated heterocycles. The molecular formula is C25H23N3O2. The molecule has 1 spiro atoms. The van der Waals surface area contributed by atoms with Crippen molar-refractivity contribution in [3.63, 3.8) is 0 Å². The molecule has 1 aromatic heterocycles. The van der Waals surface area contributed by atoms with Gasteiger partial charge >= 0.3 is 0 Å². The maximum Gasteiger partial charge on any atom is 0.183 e. The lowest BCUT2D eigenvalue weighted by molar-refractivity contribution is -0.118. The van der Waals surface area contributed by atoms with E-state index in [1.807, 2.05) is 50.4 Å². The van der Waals surface area contributed by atoms with Crippen LogP contribution >= 0.6 is 0 Å². The molecular weight excluding hydrogens is 374 g/mol. The summed E-state index contributed by atoms with van der Waals surface area (Å²) >= 11 is 0. The Morgan fingerprint density at radius 1 is 1.07 bits per heavy atom. The number of carbonyl (C=O) groups is 2. The van der Waals surface area contributed by atoms with E-state index >= 15 is 0 Å². The molecule has 1 aliphatic heterocycles. The van der Waals surface area contributed by atoms with Crippen LogP contribution in [0.3, 0.4) is 0 Å². The van der Waals surface area contributed by atoms with Gasteiger partial charge in [0.25, 0.3) is 0 Å². The zero-order chi connectivity index (χ0) is 21.0. The van der Waals surface area contributed by atoms with Crippen LogP contribution in [0.2, 0.25) is 0 Å². The van der Waals surface area contributed by atoms with Gasteiger partial charge in [-0.05, 0) is 35.1 Å². The molecule has 6 rings (SSSR count). The molecule has 2 aliphatic carbocycles. The second-order valence-electron chi connectivity index (χ2n) is 9.64. The summed E-state index contributed by atoms with van der Waals surface area (Å²) in [5, 5.41) is 10.2. The van der Waals surface area contributed by atoms with Gasteiger partial charge in [-0.3, -0.25) is 14.3 Å². The molecule has 2 heterocycles. The molecule has 1 unspecified atom stereocenters. The Labute approximate surface area is 174 Å². The second-order valence-corrected chi connectivity index (χ2v) is 9.64. The van der Waals surface area contributed by atoms with Gasteiger partial charge < -0.3 is 5.32 Å². The maximum atomic E-state index is 14.3. The second kappa shape index (κ2) is 5.28. The molecule has 1 N–H and O–H groups in total. The molecule has 0 radical (unpaired) electrons. The Balaban J connectivity index is 1.81. The van der Waals surface area contributed by atoms with Gasteiger partial charge in [-0.2, -0.15) is 5.10 Å². The van der Waals surface area contributed by atoms with Crippen LogP contribution in [0.5, 0.6) is 0 Å². The highest BCUT2D eigenvalue weighted by Crippen LogP contribution is 2.58. The minimum absolute atomic E-state index is 0.00583. The summed E-state index contributed by atoms with van der Waals surface area (Å²) in [6, 6.07) is 11.9. The van der Waals surface area contributed by atoms with Crippen LogP contribution in [0.25, 0.3) is 10.8 Å². The van der Waals surface area contributed by atoms with Crippen LogP contribution in [0.4, 0.5) is 5.82 Å². The molecule has 2 aromatic carbocycles. The topological polar surface area (TPSA) is 64.0 Å². The number of benzene rings is 2. The number of hydrogen-bond acceptors (Lipinski definition) is 4. The summed E-state index contributed by atoms with van der Waals surface area (Å²) in [7, 11) is 1.89. The Bertz CT molecular complexity index is 1350. The van der Waals surface area contributed by atoms with E-state index in [1.54, 1.807) is 4.68 Å². The normalized spacial score (nSPS) is 23.7. The van der Waals surface area contributed by atoms with Crippen molar-refractivity contribution < 1.29 is 9.59 Å². The number of aryl methyl sites for hydroxylation is 2. The average Bonchev–Trinajstić information content (AvgIpc) is 3.09. The van der Waals surface area contributed by atoms with E-state index in [9.17, 15) is 9.59 Å². The number of nitrogens with one attached hydrogen (secondary N) is 1. The van der Waals surface area contributed by atoms with Crippen molar-refractivity contribution >= 4 is 28.2 Å². The first-order valence-electron chi connectivity index (χ1n) is 10.4. The van der Waals surface area contributed by atoms with Gasteiger partial charge in [-0.25, -0.2) is 0 Å². The van der Waals surface area contributed by atoms with Crippen molar-refractivity contribution in [1.29, 1.82) is 0 Å². The highest BCUT2D eigenvalue weighted by Gasteiger charge is 2.60. The monoisotopic (exact) mass is 397 g/mol. The molecule has 0 fully saturated rings. The van der Waals surface area contributed by atoms with Crippen molar-refractivity contribution in [2.24, 2.45) is 12.5 Å². The number of fused-ring (bicyclic) bond motifs is 4. The van der Waals surface area contributed by atoms with E-state index in [0.717, 1.165) is 45.5 Å². The lowest BCUT2D eigenvalue weighted by Gasteiger charge is -2.43. The molecule has 150 valence electrons. The Morgan fingerprint density at radius 3 is 2.57 bits per heavy atom. The van der Waals surface area contributed by atoms with Gasteiger partial charge in [-0.1, -0.05) is 50.2 Å². The fraction of sp³-hybridized carbons (Fsp3) is 0.320. The Morgan fingerprint density at radius 2 is 1.80 bits per heavy atom. The van der Waals surface area contributed by atoms with E-state index < -0.39 is 5.41 Å². The van der Waals surface area contributed by atoms with E-state index in [-0.39, 0.29) is 17.0 Å². The number of ketones is 2. The Kier molecular flexibility index (Phi) is 3.10. The van der Waals surface area contributed by atoms with Gasteiger partial charge in [0.05, 0.1) is 5.69 Å². The number of aromatic nitrogens is 2. The molecule has 0 bridgehead atoms. The number of allylic oxidation sites excluding steroid dienone is 2. The quantitative estimate of drug-likeness (QED) is 0.609. The zero-order valence-electron chi connectivity index (χ0n) is 17.6.